The number of allylic oxidation sites excluding steroid dienone is 1. The number of methoxy groups -OCH3 is 1. The van der Waals surface area contributed by atoms with Gasteiger partial charge in [-0.1, -0.05) is 24.6 Å². The summed E-state index contributed by atoms with van der Waals surface area (Å²) >= 11 is 0. The lowest BCUT2D eigenvalue weighted by Crippen LogP contribution is -2.66. The fourth-order valence-electron chi connectivity index (χ4n) is 9.27. The zero-order valence-corrected chi connectivity index (χ0v) is 20.3. The molecule has 0 aromatic carbocycles. The third-order valence-corrected chi connectivity index (χ3v) is 10.6. The smallest absolute Gasteiger partial charge is 0.226 e. The molecule has 6 aliphatic rings. The number of hydrogen-bond donors (Lipinski definition) is 0. The Bertz CT molecular complexity index is 996. The lowest BCUT2D eigenvalue weighted by Gasteiger charge is -2.62. The first-order valence-electron chi connectivity index (χ1n) is 12.7. The molecule has 2 aliphatic heterocycles. The van der Waals surface area contributed by atoms with Gasteiger partial charge < -0.3 is 32.9 Å². The summed E-state index contributed by atoms with van der Waals surface area (Å²) in [4.78, 5) is 0. The molecule has 1 aromatic rings. The van der Waals surface area contributed by atoms with Crippen LogP contribution in [0.3, 0.4) is 0 Å². The molecule has 0 bridgehead atoms. The minimum absolute atomic E-state index is 0.00858. The van der Waals surface area contributed by atoms with Crippen LogP contribution in [0.5, 0.6) is 0 Å². The second kappa shape index (κ2) is 7.37. The van der Waals surface area contributed by atoms with E-state index in [1.807, 2.05) is 6.20 Å². The Morgan fingerprint density at radius 1 is 1.15 bits per heavy atom. The fraction of sp³-hybridized carbons (Fsp3) is 0.808. The zero-order valence-electron chi connectivity index (χ0n) is 20.3. The molecule has 3 saturated carbocycles. The Balaban J connectivity index is 1.31. The average molecular weight is 474 g/mol. The van der Waals surface area contributed by atoms with E-state index >= 15 is 0 Å². The molecule has 186 valence electrons. The van der Waals surface area contributed by atoms with Crippen molar-refractivity contribution in [1.29, 1.82) is 0 Å². The van der Waals surface area contributed by atoms with Crippen LogP contribution < -0.4 is 0 Å². The van der Waals surface area contributed by atoms with E-state index in [1.54, 1.807) is 7.11 Å². The van der Waals surface area contributed by atoms with Gasteiger partial charge in [-0.3, -0.25) is 0 Å². The number of ether oxygens (including phenoxy) is 6. The van der Waals surface area contributed by atoms with Crippen molar-refractivity contribution in [1.82, 2.24) is 5.16 Å². The molecule has 8 nitrogen and oxygen atoms in total. The second-order valence-electron chi connectivity index (χ2n) is 11.7. The summed E-state index contributed by atoms with van der Waals surface area (Å²) in [6.45, 7) is 6.06. The summed E-state index contributed by atoms with van der Waals surface area (Å²) in [7, 11) is 1.70. The van der Waals surface area contributed by atoms with E-state index in [0.717, 1.165) is 44.3 Å². The minimum Gasteiger partial charge on any atom is -0.359 e. The maximum absolute atomic E-state index is 6.57. The van der Waals surface area contributed by atoms with E-state index in [2.05, 4.69) is 25.1 Å². The predicted octanol–water partition coefficient (Wildman–Crippen LogP) is 3.90. The van der Waals surface area contributed by atoms with Gasteiger partial charge in [0.15, 0.2) is 19.3 Å². The van der Waals surface area contributed by atoms with Crippen LogP contribution in [-0.4, -0.2) is 56.7 Å². The summed E-state index contributed by atoms with van der Waals surface area (Å²) < 4.78 is 42.2. The monoisotopic (exact) mass is 473 g/mol. The van der Waals surface area contributed by atoms with Crippen molar-refractivity contribution in [3.8, 4) is 0 Å². The van der Waals surface area contributed by atoms with Gasteiger partial charge in [-0.25, -0.2) is 0 Å². The Kier molecular flexibility index (Phi) is 4.76. The SMILES string of the molecule is COCO[C@H]1C[C@@]2(C)C(CCC23OCOC32COCO2)C2CCC3=Cc4oncc4C[C@]3(C)C21. The van der Waals surface area contributed by atoms with Crippen LogP contribution in [0.25, 0.3) is 6.08 Å². The second-order valence-corrected chi connectivity index (χ2v) is 11.7. The van der Waals surface area contributed by atoms with Gasteiger partial charge in [0.25, 0.3) is 0 Å². The zero-order chi connectivity index (χ0) is 23.2. The highest BCUT2D eigenvalue weighted by molar-refractivity contribution is 5.57. The van der Waals surface area contributed by atoms with Gasteiger partial charge in [0.05, 0.1) is 12.3 Å². The molecule has 0 amide bonds. The Labute approximate surface area is 200 Å². The van der Waals surface area contributed by atoms with Crippen LogP contribution >= 0.6 is 0 Å². The predicted molar refractivity (Wildman–Crippen MR) is 119 cm³/mol. The van der Waals surface area contributed by atoms with Crippen molar-refractivity contribution in [3.63, 3.8) is 0 Å². The normalized spacial score (nSPS) is 49.1. The van der Waals surface area contributed by atoms with Gasteiger partial charge in [-0.15, -0.1) is 0 Å². The van der Waals surface area contributed by atoms with Crippen molar-refractivity contribution in [2.24, 2.45) is 28.6 Å². The maximum Gasteiger partial charge on any atom is 0.226 e. The van der Waals surface area contributed by atoms with E-state index in [9.17, 15) is 0 Å². The Hall–Kier alpha value is -1.29. The maximum atomic E-state index is 6.57. The first-order chi connectivity index (χ1) is 16.5. The van der Waals surface area contributed by atoms with Crippen molar-refractivity contribution < 1.29 is 32.9 Å². The minimum atomic E-state index is -0.818. The number of fused-ring (bicyclic) bond motifs is 8. The van der Waals surface area contributed by atoms with Crippen molar-refractivity contribution >= 4 is 6.08 Å². The van der Waals surface area contributed by atoms with Gasteiger partial charge >= 0.3 is 0 Å². The molecule has 4 aliphatic carbocycles. The summed E-state index contributed by atoms with van der Waals surface area (Å²) in [5.74, 6) is 1.52. The quantitative estimate of drug-likeness (QED) is 0.612. The van der Waals surface area contributed by atoms with Crippen LogP contribution in [0.4, 0.5) is 0 Å². The van der Waals surface area contributed by atoms with Crippen molar-refractivity contribution in [2.75, 3.05) is 34.1 Å². The van der Waals surface area contributed by atoms with Gasteiger partial charge in [-0.05, 0) is 67.8 Å². The lowest BCUT2D eigenvalue weighted by atomic mass is 9.45. The van der Waals surface area contributed by atoms with Gasteiger partial charge in [0, 0.05) is 18.1 Å². The average Bonchev–Trinajstić information content (AvgIpc) is 3.60. The van der Waals surface area contributed by atoms with E-state index in [0.29, 0.717) is 24.4 Å². The molecule has 0 radical (unpaired) electrons. The summed E-state index contributed by atoms with van der Waals surface area (Å²) in [6.07, 6.45) is 10.3. The Morgan fingerprint density at radius 2 is 2.03 bits per heavy atom. The van der Waals surface area contributed by atoms with Crippen molar-refractivity contribution in [3.05, 3.63) is 23.1 Å². The number of aromatic nitrogens is 1. The fourth-order valence-corrected chi connectivity index (χ4v) is 9.27. The largest absolute Gasteiger partial charge is 0.359 e. The topological polar surface area (TPSA) is 81.4 Å². The molecule has 8 heteroatoms. The van der Waals surface area contributed by atoms with E-state index in [1.165, 1.54) is 11.1 Å². The van der Waals surface area contributed by atoms with E-state index in [-0.39, 0.29) is 37.3 Å². The highest BCUT2D eigenvalue weighted by Crippen LogP contribution is 2.71. The van der Waals surface area contributed by atoms with Crippen LogP contribution in [-0.2, 0) is 34.8 Å². The molecule has 2 spiro atoms. The van der Waals surface area contributed by atoms with Gasteiger partial charge in [-0.2, -0.15) is 0 Å². The van der Waals surface area contributed by atoms with Crippen LogP contribution in [0, 0.1) is 28.6 Å². The Morgan fingerprint density at radius 3 is 2.85 bits per heavy atom. The molecule has 5 fully saturated rings. The van der Waals surface area contributed by atoms with Gasteiger partial charge in [0.2, 0.25) is 5.79 Å². The first-order valence-corrected chi connectivity index (χ1v) is 12.7. The number of hydrogen-bond acceptors (Lipinski definition) is 8. The molecule has 5 unspecified atom stereocenters. The molecule has 8 atom stereocenters. The third-order valence-electron chi connectivity index (χ3n) is 10.6. The molecule has 3 heterocycles. The highest BCUT2D eigenvalue weighted by Gasteiger charge is 2.77. The molecule has 0 N–H and O–H groups in total. The highest BCUT2D eigenvalue weighted by atomic mass is 16.9. The van der Waals surface area contributed by atoms with Gasteiger partial charge in [0.1, 0.15) is 19.0 Å². The molecule has 34 heavy (non-hydrogen) atoms. The summed E-state index contributed by atoms with van der Waals surface area (Å²) in [5, 5.41) is 4.09. The van der Waals surface area contributed by atoms with E-state index in [4.69, 9.17) is 32.9 Å². The molecular formula is C26H35NO7. The third kappa shape index (κ3) is 2.57. The summed E-state index contributed by atoms with van der Waals surface area (Å²) in [6, 6.07) is 0. The molecule has 1 aromatic heterocycles. The van der Waals surface area contributed by atoms with E-state index < -0.39 is 11.4 Å². The van der Waals surface area contributed by atoms with Crippen LogP contribution in [0.2, 0.25) is 0 Å². The lowest BCUT2D eigenvalue weighted by molar-refractivity contribution is -0.264. The first kappa shape index (κ1) is 21.9. The number of nitrogens with zero attached hydrogens (tertiary/aromatic N) is 1. The molecular weight excluding hydrogens is 438 g/mol. The summed E-state index contributed by atoms with van der Waals surface area (Å²) in [5.41, 5.74) is 2.02. The number of rotatable bonds is 3. The van der Waals surface area contributed by atoms with Crippen molar-refractivity contribution in [2.45, 2.75) is 69.9 Å². The molecule has 2 saturated heterocycles. The van der Waals surface area contributed by atoms with Crippen LogP contribution in [0.15, 0.2) is 16.3 Å². The standard InChI is InChI=1S/C26H35NO7/c1-23-9-16-11-27-34-20(16)8-17(23)4-5-18-19-6-7-25(26(33-15-31-25)12-29-14-32-26)24(19,2)10-21(22(18)23)30-13-28-3/h8,11,18-19,21-22H,4-7,9-10,12-15H2,1-3H3/t18?,19?,21-,22?,23-,24-,25?,26?/m0/s1. The molecule has 7 rings (SSSR count). The van der Waals surface area contributed by atoms with Crippen LogP contribution in [0.1, 0.15) is 57.3 Å².